The molecule has 2 rings (SSSR count). The third-order valence-corrected chi connectivity index (χ3v) is 4.28. The molecule has 2 N–H and O–H groups in total. The Labute approximate surface area is 147 Å². The molecule has 0 radical (unpaired) electrons. The van der Waals surface area contributed by atoms with Crippen molar-refractivity contribution in [2.75, 3.05) is 5.32 Å². The van der Waals surface area contributed by atoms with Crippen LogP contribution in [0.3, 0.4) is 0 Å². The maximum atomic E-state index is 12.2. The third kappa shape index (κ3) is 3.66. The first kappa shape index (κ1) is 16.9. The van der Waals surface area contributed by atoms with E-state index in [9.17, 15) is 4.79 Å². The molecular weight excluding hydrogens is 388 g/mol. The van der Waals surface area contributed by atoms with Crippen molar-refractivity contribution in [3.8, 4) is 0 Å². The predicted octanol–water partition coefficient (Wildman–Crippen LogP) is 3.58. The van der Waals surface area contributed by atoms with Crippen LogP contribution in [0.5, 0.6) is 0 Å². The minimum absolute atomic E-state index is 0.185. The summed E-state index contributed by atoms with van der Waals surface area (Å²) >= 11 is 14.7. The predicted molar refractivity (Wildman–Crippen MR) is 95.5 cm³/mol. The van der Waals surface area contributed by atoms with E-state index in [-0.39, 0.29) is 10.8 Å². The number of benzene rings is 1. The van der Waals surface area contributed by atoms with E-state index in [1.807, 2.05) is 25.1 Å². The summed E-state index contributed by atoms with van der Waals surface area (Å²) in [4.78, 5) is 12.2. The van der Waals surface area contributed by atoms with Gasteiger partial charge in [-0.1, -0.05) is 17.7 Å². The van der Waals surface area contributed by atoms with Crippen LogP contribution in [0, 0.1) is 13.8 Å². The fraction of sp³-hybridized carbons (Fsp3) is 0.214. The lowest BCUT2D eigenvalue weighted by molar-refractivity contribution is 0.0968. The van der Waals surface area contributed by atoms with Crippen LogP contribution < -0.4 is 10.6 Å². The first-order chi connectivity index (χ1) is 10.3. The summed E-state index contributed by atoms with van der Waals surface area (Å²) in [6.07, 6.45) is 0. The lowest BCUT2D eigenvalue weighted by Crippen LogP contribution is -2.35. The molecule has 22 heavy (non-hydrogen) atoms. The average Bonchev–Trinajstić information content (AvgIpc) is 2.66. The third-order valence-electron chi connectivity index (χ3n) is 2.96. The first-order valence-electron chi connectivity index (χ1n) is 6.37. The van der Waals surface area contributed by atoms with Crippen molar-refractivity contribution in [3.05, 3.63) is 44.6 Å². The topological polar surface area (TPSA) is 58.9 Å². The SMILES string of the molecule is Cc1ccc(NC(=S)NC(=O)c2c(Cl)c(C)nn2C)c(Br)c1. The molecule has 1 aromatic carbocycles. The van der Waals surface area contributed by atoms with Crippen LogP contribution in [0.15, 0.2) is 22.7 Å². The molecule has 0 bridgehead atoms. The van der Waals surface area contributed by atoms with Gasteiger partial charge in [-0.25, -0.2) is 0 Å². The smallest absolute Gasteiger partial charge is 0.277 e. The monoisotopic (exact) mass is 400 g/mol. The van der Waals surface area contributed by atoms with E-state index >= 15 is 0 Å². The van der Waals surface area contributed by atoms with Gasteiger partial charge in [-0.15, -0.1) is 0 Å². The molecule has 0 aliphatic rings. The Kier molecular flexibility index (Phi) is 5.20. The average molecular weight is 402 g/mol. The number of hydrogen-bond acceptors (Lipinski definition) is 3. The number of carbonyl (C=O) groups excluding carboxylic acids is 1. The Morgan fingerprint density at radius 2 is 2.09 bits per heavy atom. The normalized spacial score (nSPS) is 10.4. The highest BCUT2D eigenvalue weighted by Gasteiger charge is 2.19. The van der Waals surface area contributed by atoms with Crippen LogP contribution in [0.25, 0.3) is 0 Å². The zero-order valence-electron chi connectivity index (χ0n) is 12.2. The van der Waals surface area contributed by atoms with Gasteiger partial charge in [0.2, 0.25) is 0 Å². The number of thiocarbonyl (C=S) groups is 1. The van der Waals surface area contributed by atoms with Crippen molar-refractivity contribution in [2.45, 2.75) is 13.8 Å². The van der Waals surface area contributed by atoms with Gasteiger partial charge in [0.25, 0.3) is 5.91 Å². The second-order valence-electron chi connectivity index (χ2n) is 4.76. The fourth-order valence-electron chi connectivity index (χ4n) is 1.92. The molecule has 0 aliphatic carbocycles. The summed E-state index contributed by atoms with van der Waals surface area (Å²) in [5, 5.41) is 10.2. The van der Waals surface area contributed by atoms with Crippen LogP contribution in [-0.4, -0.2) is 20.8 Å². The van der Waals surface area contributed by atoms with Crippen molar-refractivity contribution < 1.29 is 4.79 Å². The maximum absolute atomic E-state index is 12.2. The zero-order chi connectivity index (χ0) is 16.4. The number of nitrogens with one attached hydrogen (secondary N) is 2. The van der Waals surface area contributed by atoms with Crippen molar-refractivity contribution in [2.24, 2.45) is 7.05 Å². The standard InChI is InChI=1S/C14H14BrClN4OS/c1-7-4-5-10(9(15)6-7)17-14(22)18-13(21)12-11(16)8(2)19-20(12)3/h4-6H,1-3H3,(H2,17,18,21,22). The number of hydrogen-bond donors (Lipinski definition) is 2. The number of aryl methyl sites for hydroxylation is 3. The molecule has 5 nitrogen and oxygen atoms in total. The molecule has 0 atom stereocenters. The van der Waals surface area contributed by atoms with E-state index in [2.05, 4.69) is 31.7 Å². The van der Waals surface area contributed by atoms with Gasteiger partial charge in [0, 0.05) is 11.5 Å². The minimum Gasteiger partial charge on any atom is -0.331 e. The Morgan fingerprint density at radius 3 is 2.64 bits per heavy atom. The number of amides is 1. The van der Waals surface area contributed by atoms with Crippen LogP contribution in [0.1, 0.15) is 21.7 Å². The second-order valence-corrected chi connectivity index (χ2v) is 6.40. The van der Waals surface area contributed by atoms with Gasteiger partial charge in [0.15, 0.2) is 5.11 Å². The van der Waals surface area contributed by atoms with Gasteiger partial charge in [-0.2, -0.15) is 5.10 Å². The van der Waals surface area contributed by atoms with Gasteiger partial charge in [-0.3, -0.25) is 14.8 Å². The van der Waals surface area contributed by atoms with Gasteiger partial charge in [0.1, 0.15) is 5.69 Å². The highest BCUT2D eigenvalue weighted by Crippen LogP contribution is 2.23. The quantitative estimate of drug-likeness (QED) is 0.755. The minimum atomic E-state index is -0.408. The molecule has 0 fully saturated rings. The molecular formula is C14H14BrClN4OS. The zero-order valence-corrected chi connectivity index (χ0v) is 15.4. The summed E-state index contributed by atoms with van der Waals surface area (Å²) in [5.41, 5.74) is 2.74. The number of anilines is 1. The number of rotatable bonds is 2. The molecule has 1 amide bonds. The molecule has 8 heteroatoms. The van der Waals surface area contributed by atoms with Crippen LogP contribution in [0.2, 0.25) is 5.02 Å². The summed E-state index contributed by atoms with van der Waals surface area (Å²) in [6.45, 7) is 3.72. The highest BCUT2D eigenvalue weighted by molar-refractivity contribution is 9.10. The number of carbonyl (C=O) groups is 1. The van der Waals surface area contributed by atoms with E-state index in [4.69, 9.17) is 23.8 Å². The molecule has 116 valence electrons. The largest absolute Gasteiger partial charge is 0.331 e. The van der Waals surface area contributed by atoms with Crippen LogP contribution in [-0.2, 0) is 7.05 Å². The van der Waals surface area contributed by atoms with E-state index in [1.54, 1.807) is 14.0 Å². The summed E-state index contributed by atoms with van der Waals surface area (Å²) in [6, 6.07) is 5.77. The van der Waals surface area contributed by atoms with E-state index < -0.39 is 5.91 Å². The summed E-state index contributed by atoms with van der Waals surface area (Å²) in [5.74, 6) is -0.408. The van der Waals surface area contributed by atoms with Crippen molar-refractivity contribution >= 4 is 56.5 Å². The molecule has 0 saturated heterocycles. The lowest BCUT2D eigenvalue weighted by Gasteiger charge is -2.11. The van der Waals surface area contributed by atoms with E-state index in [0.717, 1.165) is 15.7 Å². The molecule has 1 heterocycles. The molecule has 1 aromatic heterocycles. The van der Waals surface area contributed by atoms with Crippen molar-refractivity contribution in [3.63, 3.8) is 0 Å². The fourth-order valence-corrected chi connectivity index (χ4v) is 2.96. The summed E-state index contributed by atoms with van der Waals surface area (Å²) < 4.78 is 2.29. The summed E-state index contributed by atoms with van der Waals surface area (Å²) in [7, 11) is 1.65. The van der Waals surface area contributed by atoms with Gasteiger partial charge in [0.05, 0.1) is 16.4 Å². The van der Waals surface area contributed by atoms with Crippen LogP contribution >= 0.6 is 39.7 Å². The lowest BCUT2D eigenvalue weighted by atomic mass is 10.2. The van der Waals surface area contributed by atoms with Gasteiger partial charge in [-0.05, 0) is 59.7 Å². The molecule has 0 unspecified atom stereocenters. The van der Waals surface area contributed by atoms with Crippen molar-refractivity contribution in [1.29, 1.82) is 0 Å². The maximum Gasteiger partial charge on any atom is 0.277 e. The number of nitrogens with zero attached hydrogens (tertiary/aromatic N) is 2. The Bertz CT molecular complexity index is 760. The number of aromatic nitrogens is 2. The van der Waals surface area contributed by atoms with Crippen molar-refractivity contribution in [1.82, 2.24) is 15.1 Å². The van der Waals surface area contributed by atoms with E-state index in [0.29, 0.717) is 10.7 Å². The number of halogens is 2. The molecule has 0 saturated carbocycles. The molecule has 2 aromatic rings. The van der Waals surface area contributed by atoms with Gasteiger partial charge < -0.3 is 5.32 Å². The molecule has 0 spiro atoms. The second kappa shape index (κ2) is 6.76. The highest BCUT2D eigenvalue weighted by atomic mass is 79.9. The first-order valence-corrected chi connectivity index (χ1v) is 7.95. The van der Waals surface area contributed by atoms with E-state index in [1.165, 1.54) is 4.68 Å². The Morgan fingerprint density at radius 1 is 1.41 bits per heavy atom. The molecule has 0 aliphatic heterocycles. The van der Waals surface area contributed by atoms with Gasteiger partial charge >= 0.3 is 0 Å². The Hall–Kier alpha value is -1.44. The van der Waals surface area contributed by atoms with Crippen LogP contribution in [0.4, 0.5) is 5.69 Å². The Balaban J connectivity index is 2.10.